The SMILES string of the molecule is C#CCN(C(=O)C1CC(=O)N(c2cccc(OC)c2)C1)C1CCCCC1. The number of nitrogens with zero attached hydrogens (tertiary/aromatic N) is 2. The van der Waals surface area contributed by atoms with Crippen LogP contribution in [0, 0.1) is 18.3 Å². The number of methoxy groups -OCH3 is 1. The average Bonchev–Trinajstić information content (AvgIpc) is 3.08. The summed E-state index contributed by atoms with van der Waals surface area (Å²) in [6.45, 7) is 0.728. The molecule has 5 nitrogen and oxygen atoms in total. The number of carbonyl (C=O) groups excluding carboxylic acids is 2. The third kappa shape index (κ3) is 3.85. The molecular weight excluding hydrogens is 328 g/mol. The summed E-state index contributed by atoms with van der Waals surface area (Å²) in [5.74, 6) is 2.99. The Kier molecular flexibility index (Phi) is 5.82. The van der Waals surface area contributed by atoms with Gasteiger partial charge < -0.3 is 14.5 Å². The molecule has 1 aliphatic carbocycles. The van der Waals surface area contributed by atoms with Crippen molar-refractivity contribution in [3.05, 3.63) is 24.3 Å². The fourth-order valence-corrected chi connectivity index (χ4v) is 4.01. The Balaban J connectivity index is 1.73. The van der Waals surface area contributed by atoms with Crippen molar-refractivity contribution in [3.63, 3.8) is 0 Å². The lowest BCUT2D eigenvalue weighted by Gasteiger charge is -2.34. The van der Waals surface area contributed by atoms with Crippen molar-refractivity contribution in [1.29, 1.82) is 0 Å². The topological polar surface area (TPSA) is 49.9 Å². The van der Waals surface area contributed by atoms with Gasteiger partial charge in [-0.1, -0.05) is 31.2 Å². The van der Waals surface area contributed by atoms with E-state index in [1.807, 2.05) is 29.2 Å². The first-order chi connectivity index (χ1) is 12.6. The molecule has 1 saturated carbocycles. The van der Waals surface area contributed by atoms with Gasteiger partial charge in [0.05, 0.1) is 19.6 Å². The van der Waals surface area contributed by atoms with Gasteiger partial charge in [0.2, 0.25) is 11.8 Å². The smallest absolute Gasteiger partial charge is 0.229 e. The third-order valence-electron chi connectivity index (χ3n) is 5.40. The molecule has 0 N–H and O–H groups in total. The van der Waals surface area contributed by atoms with Gasteiger partial charge in [-0.05, 0) is 25.0 Å². The van der Waals surface area contributed by atoms with E-state index in [0.29, 0.717) is 18.8 Å². The van der Waals surface area contributed by atoms with Crippen molar-refractivity contribution >= 4 is 17.5 Å². The minimum absolute atomic E-state index is 0.0218. The summed E-state index contributed by atoms with van der Waals surface area (Å²) in [5.41, 5.74) is 0.769. The second-order valence-electron chi connectivity index (χ2n) is 7.07. The average molecular weight is 354 g/mol. The van der Waals surface area contributed by atoms with Crippen LogP contribution in [-0.4, -0.2) is 43.0 Å². The molecule has 26 heavy (non-hydrogen) atoms. The summed E-state index contributed by atoms with van der Waals surface area (Å²) in [6, 6.07) is 7.60. The second kappa shape index (κ2) is 8.27. The van der Waals surface area contributed by atoms with E-state index >= 15 is 0 Å². The number of rotatable bonds is 5. The molecule has 2 fully saturated rings. The summed E-state index contributed by atoms with van der Waals surface area (Å²) < 4.78 is 5.24. The van der Waals surface area contributed by atoms with Gasteiger partial charge in [-0.25, -0.2) is 0 Å². The number of anilines is 1. The van der Waals surface area contributed by atoms with Crippen LogP contribution < -0.4 is 9.64 Å². The minimum atomic E-state index is -0.330. The molecule has 2 amide bonds. The van der Waals surface area contributed by atoms with Crippen molar-refractivity contribution in [2.45, 2.75) is 44.6 Å². The van der Waals surface area contributed by atoms with E-state index in [1.165, 1.54) is 6.42 Å². The van der Waals surface area contributed by atoms with Gasteiger partial charge in [-0.2, -0.15) is 0 Å². The van der Waals surface area contributed by atoms with E-state index in [4.69, 9.17) is 11.2 Å². The molecule has 5 heteroatoms. The van der Waals surface area contributed by atoms with Gasteiger partial charge in [-0.3, -0.25) is 9.59 Å². The fraction of sp³-hybridized carbons (Fsp3) is 0.524. The van der Waals surface area contributed by atoms with Crippen LogP contribution in [0.3, 0.4) is 0 Å². The molecule has 1 heterocycles. The van der Waals surface area contributed by atoms with E-state index in [1.54, 1.807) is 12.0 Å². The third-order valence-corrected chi connectivity index (χ3v) is 5.40. The van der Waals surface area contributed by atoms with Crippen LogP contribution in [0.25, 0.3) is 0 Å². The van der Waals surface area contributed by atoms with E-state index in [2.05, 4.69) is 5.92 Å². The van der Waals surface area contributed by atoms with Crippen molar-refractivity contribution in [2.75, 3.05) is 25.1 Å². The number of amides is 2. The zero-order valence-electron chi connectivity index (χ0n) is 15.3. The van der Waals surface area contributed by atoms with Crippen LogP contribution >= 0.6 is 0 Å². The summed E-state index contributed by atoms with van der Waals surface area (Å²) in [6.07, 6.45) is 11.3. The standard InChI is InChI=1S/C21H26N2O3/c1-3-12-22(17-8-5-4-6-9-17)21(25)16-13-20(24)23(15-16)18-10-7-11-19(14-18)26-2/h1,7,10-11,14,16-17H,4-6,8-9,12-13,15H2,2H3. The molecule has 0 radical (unpaired) electrons. The van der Waals surface area contributed by atoms with Gasteiger partial charge in [0.15, 0.2) is 0 Å². The highest BCUT2D eigenvalue weighted by atomic mass is 16.5. The van der Waals surface area contributed by atoms with Crippen LogP contribution in [0.4, 0.5) is 5.69 Å². The molecule has 2 aliphatic rings. The lowest BCUT2D eigenvalue weighted by Crippen LogP contribution is -2.45. The summed E-state index contributed by atoms with van der Waals surface area (Å²) >= 11 is 0. The molecule has 0 aromatic heterocycles. The lowest BCUT2D eigenvalue weighted by molar-refractivity contribution is -0.138. The lowest BCUT2D eigenvalue weighted by atomic mass is 9.93. The van der Waals surface area contributed by atoms with Crippen LogP contribution in [0.1, 0.15) is 38.5 Å². The maximum atomic E-state index is 13.1. The van der Waals surface area contributed by atoms with Crippen molar-refractivity contribution in [2.24, 2.45) is 5.92 Å². The first kappa shape index (κ1) is 18.3. The van der Waals surface area contributed by atoms with Gasteiger partial charge in [0.25, 0.3) is 0 Å². The number of hydrogen-bond donors (Lipinski definition) is 0. The van der Waals surface area contributed by atoms with Crippen molar-refractivity contribution in [1.82, 2.24) is 4.90 Å². The highest BCUT2D eigenvalue weighted by Gasteiger charge is 2.39. The van der Waals surface area contributed by atoms with E-state index in [-0.39, 0.29) is 30.2 Å². The first-order valence-electron chi connectivity index (χ1n) is 9.32. The summed E-state index contributed by atoms with van der Waals surface area (Å²) in [5, 5.41) is 0. The Hall–Kier alpha value is -2.48. The Bertz CT molecular complexity index is 703. The molecule has 0 spiro atoms. The van der Waals surface area contributed by atoms with Gasteiger partial charge in [0.1, 0.15) is 5.75 Å². The van der Waals surface area contributed by atoms with Gasteiger partial charge >= 0.3 is 0 Å². The maximum Gasteiger partial charge on any atom is 0.229 e. The first-order valence-corrected chi connectivity index (χ1v) is 9.32. The van der Waals surface area contributed by atoms with Gasteiger partial charge in [0, 0.05) is 30.8 Å². The normalized spacial score (nSPS) is 20.7. The predicted octanol–water partition coefficient (Wildman–Crippen LogP) is 2.84. The fourth-order valence-electron chi connectivity index (χ4n) is 4.01. The highest BCUT2D eigenvalue weighted by Crippen LogP contribution is 2.30. The van der Waals surface area contributed by atoms with Gasteiger partial charge in [-0.15, -0.1) is 6.42 Å². The number of ether oxygens (including phenoxy) is 1. The molecule has 0 bridgehead atoms. The van der Waals surface area contributed by atoms with Crippen molar-refractivity contribution in [3.8, 4) is 18.1 Å². The number of hydrogen-bond acceptors (Lipinski definition) is 3. The molecule has 1 aromatic carbocycles. The van der Waals surface area contributed by atoms with Crippen LogP contribution in [0.15, 0.2) is 24.3 Å². The molecule has 1 aromatic rings. The molecule has 1 atom stereocenters. The minimum Gasteiger partial charge on any atom is -0.497 e. The molecule has 3 rings (SSSR count). The molecule has 1 aliphatic heterocycles. The molecular formula is C21H26N2O3. The quantitative estimate of drug-likeness (QED) is 0.764. The van der Waals surface area contributed by atoms with E-state index in [0.717, 1.165) is 31.4 Å². The number of terminal acetylenes is 1. The Morgan fingerprint density at radius 1 is 1.35 bits per heavy atom. The van der Waals surface area contributed by atoms with Crippen LogP contribution in [-0.2, 0) is 9.59 Å². The Morgan fingerprint density at radius 2 is 2.12 bits per heavy atom. The Labute approximate surface area is 155 Å². The largest absolute Gasteiger partial charge is 0.497 e. The second-order valence-corrected chi connectivity index (χ2v) is 7.07. The summed E-state index contributed by atoms with van der Waals surface area (Å²) in [7, 11) is 1.60. The monoisotopic (exact) mass is 354 g/mol. The zero-order chi connectivity index (χ0) is 18.5. The van der Waals surface area contributed by atoms with Crippen LogP contribution in [0.5, 0.6) is 5.75 Å². The molecule has 138 valence electrons. The highest BCUT2D eigenvalue weighted by molar-refractivity contribution is 6.00. The number of benzene rings is 1. The van der Waals surface area contributed by atoms with E-state index in [9.17, 15) is 9.59 Å². The summed E-state index contributed by atoms with van der Waals surface area (Å²) in [4.78, 5) is 29.1. The zero-order valence-corrected chi connectivity index (χ0v) is 15.3. The van der Waals surface area contributed by atoms with E-state index < -0.39 is 0 Å². The number of carbonyl (C=O) groups is 2. The van der Waals surface area contributed by atoms with Crippen LogP contribution in [0.2, 0.25) is 0 Å². The Morgan fingerprint density at radius 3 is 2.81 bits per heavy atom. The van der Waals surface area contributed by atoms with Crippen molar-refractivity contribution < 1.29 is 14.3 Å². The molecule has 1 saturated heterocycles. The maximum absolute atomic E-state index is 13.1. The molecule has 1 unspecified atom stereocenters. The predicted molar refractivity (Wildman–Crippen MR) is 101 cm³/mol.